The highest BCUT2D eigenvalue weighted by Crippen LogP contribution is 2.54. The molecular formula is C40H20. The van der Waals surface area contributed by atoms with Gasteiger partial charge >= 0.3 is 0 Å². The fourth-order valence-corrected chi connectivity index (χ4v) is 8.31. The van der Waals surface area contributed by atoms with Crippen LogP contribution < -0.4 is 0 Å². The SMILES string of the molecule is c1ccc2c(c1)ccc1c2c2ccc3ccc4ccc5ccc6c7ccc8ccccc8c7c1c1c6c5c4c3c21. The largest absolute Gasteiger partial charge is 0.0616 e. The predicted molar refractivity (Wildman–Crippen MR) is 175 cm³/mol. The Hall–Kier alpha value is -5.20. The fraction of sp³-hybridized carbons (Fsp3) is 0. The molecule has 0 heteroatoms. The molecule has 40 heavy (non-hydrogen) atoms. The molecular weight excluding hydrogens is 480 g/mol. The topological polar surface area (TPSA) is 0 Å². The fourth-order valence-electron chi connectivity index (χ4n) is 8.31. The molecule has 0 heterocycles. The van der Waals surface area contributed by atoms with Gasteiger partial charge in [0.15, 0.2) is 0 Å². The van der Waals surface area contributed by atoms with Crippen LogP contribution in [0.15, 0.2) is 121 Å². The van der Waals surface area contributed by atoms with Crippen molar-refractivity contribution in [3.8, 4) is 0 Å². The summed E-state index contributed by atoms with van der Waals surface area (Å²) in [5, 5.41) is 27.4. The van der Waals surface area contributed by atoms with Crippen molar-refractivity contribution in [1.82, 2.24) is 0 Å². The van der Waals surface area contributed by atoms with Crippen molar-refractivity contribution >= 4 is 108 Å². The van der Waals surface area contributed by atoms with Crippen molar-refractivity contribution in [1.29, 1.82) is 0 Å². The van der Waals surface area contributed by atoms with Crippen molar-refractivity contribution in [3.05, 3.63) is 121 Å². The summed E-state index contributed by atoms with van der Waals surface area (Å²) in [6.07, 6.45) is 0. The molecule has 0 aromatic heterocycles. The minimum Gasteiger partial charge on any atom is -0.0616 e. The Balaban J connectivity index is 1.67. The summed E-state index contributed by atoms with van der Waals surface area (Å²) in [6, 6.07) is 46.0. The van der Waals surface area contributed by atoms with Gasteiger partial charge in [-0.3, -0.25) is 0 Å². The Labute approximate surface area is 228 Å². The monoisotopic (exact) mass is 500 g/mol. The first-order chi connectivity index (χ1) is 19.9. The summed E-state index contributed by atoms with van der Waals surface area (Å²) in [5.41, 5.74) is 0. The zero-order valence-corrected chi connectivity index (χ0v) is 21.5. The van der Waals surface area contributed by atoms with Gasteiger partial charge < -0.3 is 0 Å². The third kappa shape index (κ3) is 2.06. The van der Waals surface area contributed by atoms with Crippen LogP contribution in [0.25, 0.3) is 108 Å². The van der Waals surface area contributed by atoms with Crippen LogP contribution in [0.2, 0.25) is 0 Å². The van der Waals surface area contributed by atoms with Gasteiger partial charge in [0.25, 0.3) is 0 Å². The molecule has 0 unspecified atom stereocenters. The van der Waals surface area contributed by atoms with Gasteiger partial charge in [0.2, 0.25) is 0 Å². The molecule has 0 saturated carbocycles. The van der Waals surface area contributed by atoms with Crippen molar-refractivity contribution in [2.75, 3.05) is 0 Å². The molecule has 0 bridgehead atoms. The lowest BCUT2D eigenvalue weighted by molar-refractivity contribution is 1.79. The lowest BCUT2D eigenvalue weighted by atomic mass is 9.78. The summed E-state index contributed by atoms with van der Waals surface area (Å²) >= 11 is 0. The second kappa shape index (κ2) is 6.50. The van der Waals surface area contributed by atoms with Crippen LogP contribution in [0, 0.1) is 0 Å². The average Bonchev–Trinajstić information content (AvgIpc) is 3.02. The van der Waals surface area contributed by atoms with E-state index in [4.69, 9.17) is 0 Å². The number of hydrogen-bond acceptors (Lipinski definition) is 0. The number of rotatable bonds is 0. The summed E-state index contributed by atoms with van der Waals surface area (Å²) in [5.74, 6) is 0. The van der Waals surface area contributed by atoms with Gasteiger partial charge in [0, 0.05) is 0 Å². The maximum Gasteiger partial charge on any atom is -0.0000706 e. The lowest BCUT2D eigenvalue weighted by Crippen LogP contribution is -1.96. The molecule has 11 rings (SSSR count). The first-order valence-corrected chi connectivity index (χ1v) is 14.1. The number of benzene rings is 11. The van der Waals surface area contributed by atoms with Crippen LogP contribution >= 0.6 is 0 Å². The Morgan fingerprint density at radius 1 is 0.175 bits per heavy atom. The predicted octanol–water partition coefficient (Wildman–Crippen LogP) is 11.5. The standard InChI is InChI=1S/C40H20/c1-3-7-26-21(5-1)14-19-31-35(26)30-20-16-25-12-10-23-9-11-24-15-18-29-28-17-13-22-6-2-4-8-27(22)36(28)39(31)40-37(29)33(24)32(23)34(25)38(30)40/h1-20H. The Morgan fingerprint density at radius 2 is 0.550 bits per heavy atom. The summed E-state index contributed by atoms with van der Waals surface area (Å²) in [4.78, 5) is 0. The van der Waals surface area contributed by atoms with Crippen LogP contribution in [0.1, 0.15) is 0 Å². The second-order valence-electron chi connectivity index (χ2n) is 11.6. The molecule has 0 aliphatic rings. The van der Waals surface area contributed by atoms with Gasteiger partial charge in [0.05, 0.1) is 0 Å². The van der Waals surface area contributed by atoms with E-state index in [1.54, 1.807) is 0 Å². The Bertz CT molecular complexity index is 2850. The normalized spacial score (nSPS) is 13.0. The van der Waals surface area contributed by atoms with Crippen LogP contribution in [-0.4, -0.2) is 0 Å². The van der Waals surface area contributed by atoms with E-state index in [0.717, 1.165) is 0 Å². The van der Waals surface area contributed by atoms with Crippen LogP contribution in [0.4, 0.5) is 0 Å². The van der Waals surface area contributed by atoms with E-state index in [0.29, 0.717) is 0 Å². The molecule has 0 fully saturated rings. The minimum atomic E-state index is 1.29. The van der Waals surface area contributed by atoms with E-state index < -0.39 is 0 Å². The summed E-state index contributed by atoms with van der Waals surface area (Å²) < 4.78 is 0. The Morgan fingerprint density at radius 3 is 1.15 bits per heavy atom. The Kier molecular flexibility index (Phi) is 3.22. The molecule has 0 spiro atoms. The molecule has 180 valence electrons. The van der Waals surface area contributed by atoms with Crippen molar-refractivity contribution in [2.24, 2.45) is 0 Å². The summed E-state index contributed by atoms with van der Waals surface area (Å²) in [7, 11) is 0. The highest BCUT2D eigenvalue weighted by atomic mass is 14.3. The van der Waals surface area contributed by atoms with Gasteiger partial charge in [-0.25, -0.2) is 0 Å². The van der Waals surface area contributed by atoms with Gasteiger partial charge in [0.1, 0.15) is 0 Å². The molecule has 0 nitrogen and oxygen atoms in total. The molecule has 11 aromatic carbocycles. The van der Waals surface area contributed by atoms with Crippen molar-refractivity contribution in [2.45, 2.75) is 0 Å². The van der Waals surface area contributed by atoms with Crippen LogP contribution in [0.3, 0.4) is 0 Å². The average molecular weight is 501 g/mol. The van der Waals surface area contributed by atoms with Gasteiger partial charge in [-0.2, -0.15) is 0 Å². The molecule has 0 radical (unpaired) electrons. The van der Waals surface area contributed by atoms with Gasteiger partial charge in [-0.1, -0.05) is 121 Å². The zero-order chi connectivity index (χ0) is 25.7. The maximum absolute atomic E-state index is 2.39. The van der Waals surface area contributed by atoms with E-state index in [2.05, 4.69) is 121 Å². The molecule has 0 aliphatic carbocycles. The van der Waals surface area contributed by atoms with E-state index >= 15 is 0 Å². The quantitative estimate of drug-likeness (QED) is 0.143. The lowest BCUT2D eigenvalue weighted by Gasteiger charge is -2.24. The zero-order valence-electron chi connectivity index (χ0n) is 21.5. The molecule has 0 atom stereocenters. The van der Waals surface area contributed by atoms with Crippen LogP contribution in [0.5, 0.6) is 0 Å². The highest BCUT2D eigenvalue weighted by Gasteiger charge is 2.25. The first-order valence-electron chi connectivity index (χ1n) is 14.1. The number of hydrogen-bond donors (Lipinski definition) is 0. The summed E-state index contributed by atoms with van der Waals surface area (Å²) in [6.45, 7) is 0. The van der Waals surface area contributed by atoms with Gasteiger partial charge in [-0.05, 0) is 108 Å². The maximum atomic E-state index is 2.39. The smallest absolute Gasteiger partial charge is 0.0000706 e. The van der Waals surface area contributed by atoms with Gasteiger partial charge in [-0.15, -0.1) is 0 Å². The first kappa shape index (κ1) is 19.8. The minimum absolute atomic E-state index is 1.29. The molecule has 0 aliphatic heterocycles. The second-order valence-corrected chi connectivity index (χ2v) is 11.6. The van der Waals surface area contributed by atoms with E-state index in [1.807, 2.05) is 0 Å². The van der Waals surface area contributed by atoms with Crippen molar-refractivity contribution in [3.63, 3.8) is 0 Å². The van der Waals surface area contributed by atoms with Crippen LogP contribution in [-0.2, 0) is 0 Å². The van der Waals surface area contributed by atoms with E-state index in [9.17, 15) is 0 Å². The molecule has 0 amide bonds. The number of fused-ring (bicyclic) bond motifs is 10. The van der Waals surface area contributed by atoms with E-state index in [1.165, 1.54) is 108 Å². The van der Waals surface area contributed by atoms with E-state index in [-0.39, 0.29) is 0 Å². The third-order valence-corrected chi connectivity index (χ3v) is 9.84. The third-order valence-electron chi connectivity index (χ3n) is 9.84. The molecule has 11 aromatic rings. The molecule has 0 N–H and O–H groups in total. The molecule has 0 saturated heterocycles. The van der Waals surface area contributed by atoms with Crippen molar-refractivity contribution < 1.29 is 0 Å². The highest BCUT2D eigenvalue weighted by molar-refractivity contribution is 6.53.